The van der Waals surface area contributed by atoms with Gasteiger partial charge < -0.3 is 14.5 Å². The lowest BCUT2D eigenvalue weighted by Crippen LogP contribution is -2.21. The van der Waals surface area contributed by atoms with Gasteiger partial charge in [-0.3, -0.25) is 0 Å². The van der Waals surface area contributed by atoms with Crippen LogP contribution in [0.15, 0.2) is 10.6 Å². The molecule has 1 aliphatic heterocycles. The van der Waals surface area contributed by atoms with Crippen molar-refractivity contribution in [2.75, 3.05) is 19.6 Å². The van der Waals surface area contributed by atoms with Crippen molar-refractivity contribution in [2.45, 2.75) is 19.3 Å². The lowest BCUT2D eigenvalue weighted by Gasteiger charge is -2.12. The molecule has 1 aliphatic rings. The summed E-state index contributed by atoms with van der Waals surface area (Å²) in [6.07, 6.45) is 3.29. The third-order valence-electron chi connectivity index (χ3n) is 2.65. The predicted octanol–water partition coefficient (Wildman–Crippen LogP) is 1.01. The number of carboxylic acid groups (broad SMARTS) is 1. The number of nitrogens with zero attached hydrogens (tertiary/aromatic N) is 2. The second kappa shape index (κ2) is 4.44. The maximum absolute atomic E-state index is 10.5. The first-order valence-corrected chi connectivity index (χ1v) is 5.17. The van der Waals surface area contributed by atoms with Crippen molar-refractivity contribution >= 4 is 5.97 Å². The van der Waals surface area contributed by atoms with Gasteiger partial charge in [-0.05, 0) is 25.9 Å². The van der Waals surface area contributed by atoms with E-state index in [1.165, 1.54) is 18.9 Å². The highest BCUT2D eigenvalue weighted by molar-refractivity contribution is 5.84. The van der Waals surface area contributed by atoms with Gasteiger partial charge in [-0.15, -0.1) is 0 Å². The van der Waals surface area contributed by atoms with Crippen molar-refractivity contribution < 1.29 is 14.4 Å². The first-order valence-electron chi connectivity index (χ1n) is 5.17. The highest BCUT2D eigenvalue weighted by atomic mass is 16.5. The monoisotopic (exact) mass is 210 g/mol. The zero-order valence-corrected chi connectivity index (χ0v) is 8.48. The molecule has 0 amide bonds. The van der Waals surface area contributed by atoms with Gasteiger partial charge in [0.2, 0.25) is 5.76 Å². The van der Waals surface area contributed by atoms with Crippen LogP contribution in [0.4, 0.5) is 0 Å². The van der Waals surface area contributed by atoms with Gasteiger partial charge in [0.15, 0.2) is 0 Å². The molecule has 0 saturated carbocycles. The number of carboxylic acids is 1. The smallest absolute Gasteiger partial charge is 0.374 e. The standard InChI is InChI=1S/C10H14N2O3/c13-10(14)9-7-8(11-15-9)3-6-12-4-1-2-5-12/h7H,1-6H2,(H,13,14). The van der Waals surface area contributed by atoms with Gasteiger partial charge >= 0.3 is 5.97 Å². The number of rotatable bonds is 4. The Morgan fingerprint density at radius 3 is 2.87 bits per heavy atom. The lowest BCUT2D eigenvalue weighted by molar-refractivity contribution is 0.0652. The van der Waals surface area contributed by atoms with Gasteiger partial charge in [-0.1, -0.05) is 5.16 Å². The molecule has 0 aromatic carbocycles. The van der Waals surface area contributed by atoms with Gasteiger partial charge in [-0.25, -0.2) is 4.79 Å². The molecule has 0 radical (unpaired) electrons. The van der Waals surface area contributed by atoms with Crippen LogP contribution >= 0.6 is 0 Å². The molecular formula is C10H14N2O3. The molecule has 2 heterocycles. The minimum atomic E-state index is -1.06. The summed E-state index contributed by atoms with van der Waals surface area (Å²) >= 11 is 0. The molecule has 1 fully saturated rings. The van der Waals surface area contributed by atoms with Crippen LogP contribution in [0.25, 0.3) is 0 Å². The summed E-state index contributed by atoms with van der Waals surface area (Å²) < 4.78 is 4.67. The molecule has 0 spiro atoms. The van der Waals surface area contributed by atoms with Crippen molar-refractivity contribution in [2.24, 2.45) is 0 Å². The number of hydrogen-bond donors (Lipinski definition) is 1. The van der Waals surface area contributed by atoms with Crippen molar-refractivity contribution in [1.82, 2.24) is 10.1 Å². The second-order valence-electron chi connectivity index (χ2n) is 3.79. The Labute approximate surface area is 87.7 Å². The average Bonchev–Trinajstić information content (AvgIpc) is 2.86. The van der Waals surface area contributed by atoms with E-state index in [-0.39, 0.29) is 5.76 Å². The average molecular weight is 210 g/mol. The van der Waals surface area contributed by atoms with Gasteiger partial charge in [0.05, 0.1) is 5.69 Å². The third-order valence-corrected chi connectivity index (χ3v) is 2.65. The molecule has 0 atom stereocenters. The van der Waals surface area contributed by atoms with Crippen LogP contribution in [-0.2, 0) is 6.42 Å². The van der Waals surface area contributed by atoms with Crippen LogP contribution < -0.4 is 0 Å². The molecule has 82 valence electrons. The highest BCUT2D eigenvalue weighted by Gasteiger charge is 2.14. The Kier molecular flexibility index (Phi) is 3.01. The Balaban J connectivity index is 1.84. The summed E-state index contributed by atoms with van der Waals surface area (Å²) in [4.78, 5) is 12.9. The van der Waals surface area contributed by atoms with E-state index in [0.29, 0.717) is 0 Å². The minimum absolute atomic E-state index is 0.0774. The number of likely N-dealkylation sites (tertiary alicyclic amines) is 1. The SMILES string of the molecule is O=C(O)c1cc(CCN2CCCC2)no1. The van der Waals surface area contributed by atoms with Crippen molar-refractivity contribution in [3.63, 3.8) is 0 Å². The Morgan fingerprint density at radius 1 is 1.53 bits per heavy atom. The molecular weight excluding hydrogens is 196 g/mol. The third kappa shape index (κ3) is 2.56. The van der Waals surface area contributed by atoms with Gasteiger partial charge in [0, 0.05) is 19.0 Å². The first-order chi connectivity index (χ1) is 7.25. The highest BCUT2D eigenvalue weighted by Crippen LogP contribution is 2.09. The normalized spacial score (nSPS) is 17.1. The van der Waals surface area contributed by atoms with E-state index < -0.39 is 5.97 Å². The molecule has 5 nitrogen and oxygen atoms in total. The quantitative estimate of drug-likeness (QED) is 0.803. The molecule has 2 rings (SSSR count). The molecule has 1 aromatic heterocycles. The molecule has 15 heavy (non-hydrogen) atoms. The Bertz CT molecular complexity index is 342. The van der Waals surface area contributed by atoms with Gasteiger partial charge in [0.1, 0.15) is 0 Å². The summed E-state index contributed by atoms with van der Waals surface area (Å²) in [5, 5.41) is 12.3. The zero-order chi connectivity index (χ0) is 10.7. The van der Waals surface area contributed by atoms with Gasteiger partial charge in [-0.2, -0.15) is 0 Å². The van der Waals surface area contributed by atoms with Crippen LogP contribution in [-0.4, -0.2) is 40.8 Å². The van der Waals surface area contributed by atoms with Crippen LogP contribution in [0.5, 0.6) is 0 Å². The second-order valence-corrected chi connectivity index (χ2v) is 3.79. The maximum atomic E-state index is 10.5. The summed E-state index contributed by atoms with van der Waals surface area (Å²) in [7, 11) is 0. The Morgan fingerprint density at radius 2 is 2.27 bits per heavy atom. The number of aromatic carboxylic acids is 1. The van der Waals surface area contributed by atoms with Gasteiger partial charge in [0.25, 0.3) is 0 Å². The van der Waals surface area contributed by atoms with E-state index in [0.717, 1.165) is 31.7 Å². The van der Waals surface area contributed by atoms with Crippen molar-refractivity contribution in [1.29, 1.82) is 0 Å². The lowest BCUT2D eigenvalue weighted by atomic mass is 10.3. The van der Waals surface area contributed by atoms with E-state index in [1.54, 1.807) is 0 Å². The molecule has 0 unspecified atom stereocenters. The topological polar surface area (TPSA) is 66.6 Å². The first kappa shape index (κ1) is 10.2. The Hall–Kier alpha value is -1.36. The summed E-state index contributed by atoms with van der Waals surface area (Å²) in [5.41, 5.74) is 0.722. The number of hydrogen-bond acceptors (Lipinski definition) is 4. The summed E-state index contributed by atoms with van der Waals surface area (Å²) in [5.74, 6) is -1.14. The van der Waals surface area contributed by atoms with E-state index in [9.17, 15) is 4.79 Å². The summed E-state index contributed by atoms with van der Waals surface area (Å²) in [6, 6.07) is 1.50. The molecule has 1 N–H and O–H groups in total. The number of aromatic nitrogens is 1. The molecule has 0 bridgehead atoms. The zero-order valence-electron chi connectivity index (χ0n) is 8.48. The maximum Gasteiger partial charge on any atom is 0.374 e. The van der Waals surface area contributed by atoms with Crippen molar-refractivity contribution in [3.05, 3.63) is 17.5 Å². The molecule has 0 aliphatic carbocycles. The van der Waals surface area contributed by atoms with Crippen LogP contribution in [0.2, 0.25) is 0 Å². The van der Waals surface area contributed by atoms with E-state index in [1.807, 2.05) is 0 Å². The minimum Gasteiger partial charge on any atom is -0.475 e. The summed E-state index contributed by atoms with van der Waals surface area (Å²) in [6.45, 7) is 3.22. The predicted molar refractivity (Wildman–Crippen MR) is 52.8 cm³/mol. The van der Waals surface area contributed by atoms with E-state index in [2.05, 4.69) is 14.6 Å². The number of carbonyl (C=O) groups is 1. The van der Waals surface area contributed by atoms with Crippen LogP contribution in [0, 0.1) is 0 Å². The molecule has 1 aromatic rings. The van der Waals surface area contributed by atoms with E-state index >= 15 is 0 Å². The fourth-order valence-electron chi connectivity index (χ4n) is 1.81. The largest absolute Gasteiger partial charge is 0.475 e. The van der Waals surface area contributed by atoms with E-state index in [4.69, 9.17) is 5.11 Å². The van der Waals surface area contributed by atoms with Crippen LogP contribution in [0.1, 0.15) is 29.1 Å². The van der Waals surface area contributed by atoms with Crippen LogP contribution in [0.3, 0.4) is 0 Å². The van der Waals surface area contributed by atoms with Crippen molar-refractivity contribution in [3.8, 4) is 0 Å². The molecule has 1 saturated heterocycles. The fourth-order valence-corrected chi connectivity index (χ4v) is 1.81. The fraction of sp³-hybridized carbons (Fsp3) is 0.600. The molecule has 5 heteroatoms.